The van der Waals surface area contributed by atoms with Crippen molar-refractivity contribution >= 4 is 5.97 Å². The molecule has 0 aromatic heterocycles. The minimum Gasteiger partial charge on any atom is -0.466 e. The Kier molecular flexibility index (Phi) is 14.3. The Morgan fingerprint density at radius 3 is 2.30 bits per heavy atom. The van der Waals surface area contributed by atoms with E-state index >= 15 is 0 Å². The lowest BCUT2D eigenvalue weighted by Gasteiger charge is -2.13. The molecule has 1 atom stereocenters. The van der Waals surface area contributed by atoms with Crippen LogP contribution in [-0.4, -0.2) is 42.7 Å². The predicted molar refractivity (Wildman–Crippen MR) is 79.3 cm³/mol. The largest absolute Gasteiger partial charge is 0.466 e. The highest BCUT2D eigenvalue weighted by Crippen LogP contribution is 2.11. The Hall–Kier alpha value is -0.650. The van der Waals surface area contributed by atoms with Crippen LogP contribution in [0, 0.1) is 0 Å². The molecule has 20 heavy (non-hydrogen) atoms. The maximum Gasteiger partial charge on any atom is 0.305 e. The summed E-state index contributed by atoms with van der Waals surface area (Å²) in [6.45, 7) is 1.16. The van der Waals surface area contributed by atoms with Gasteiger partial charge in [-0.25, -0.2) is 0 Å². The number of carbonyl (C=O) groups is 1. The van der Waals surface area contributed by atoms with Gasteiger partial charge in [-0.2, -0.15) is 0 Å². The van der Waals surface area contributed by atoms with Crippen molar-refractivity contribution < 1.29 is 19.7 Å². The van der Waals surface area contributed by atoms with Crippen LogP contribution in [0.4, 0.5) is 0 Å². The molecule has 120 valence electrons. The maximum absolute atomic E-state index is 11.3. The Morgan fingerprint density at radius 1 is 1.00 bits per heavy atom. The monoisotopic (exact) mass is 289 g/mol. The van der Waals surface area contributed by atoms with Crippen molar-refractivity contribution in [3.8, 4) is 0 Å². The zero-order valence-corrected chi connectivity index (χ0v) is 12.8. The molecule has 0 aromatic carbocycles. The average Bonchev–Trinajstić information content (AvgIpc) is 2.46. The molecule has 0 radical (unpaired) electrons. The van der Waals surface area contributed by atoms with E-state index in [9.17, 15) is 9.90 Å². The Balaban J connectivity index is 0.00000172. The van der Waals surface area contributed by atoms with Crippen molar-refractivity contribution in [1.82, 2.24) is 5.32 Å². The summed E-state index contributed by atoms with van der Waals surface area (Å²) in [7, 11) is 1.00. The first-order valence-corrected chi connectivity index (χ1v) is 7.81. The van der Waals surface area contributed by atoms with Gasteiger partial charge in [0.2, 0.25) is 0 Å². The molecule has 5 heteroatoms. The van der Waals surface area contributed by atoms with Gasteiger partial charge in [0.15, 0.2) is 0 Å². The fraction of sp³-hybridized carbons (Fsp3) is 0.933. The zero-order valence-electron chi connectivity index (χ0n) is 12.8. The Labute approximate surface area is 122 Å². The van der Waals surface area contributed by atoms with Gasteiger partial charge in [-0.15, -0.1) is 0 Å². The van der Waals surface area contributed by atoms with E-state index in [0.717, 1.165) is 39.2 Å². The maximum atomic E-state index is 11.3. The summed E-state index contributed by atoms with van der Waals surface area (Å²) in [5.74, 6) is -0.0809. The van der Waals surface area contributed by atoms with Crippen LogP contribution in [0.15, 0.2) is 0 Å². The van der Waals surface area contributed by atoms with E-state index in [1.807, 2.05) is 0 Å². The zero-order chi connectivity index (χ0) is 15.1. The molecule has 0 aromatic rings. The Morgan fingerprint density at radius 2 is 1.60 bits per heavy atom. The normalized spacial score (nSPS) is 24.1. The van der Waals surface area contributed by atoms with Crippen LogP contribution in [0.2, 0.25) is 0 Å². The third kappa shape index (κ3) is 12.4. The lowest BCUT2D eigenvalue weighted by Crippen LogP contribution is -2.30. The fourth-order valence-electron chi connectivity index (χ4n) is 2.19. The van der Waals surface area contributed by atoms with Crippen molar-refractivity contribution in [3.05, 3.63) is 0 Å². The summed E-state index contributed by atoms with van der Waals surface area (Å²) >= 11 is 0. The topological polar surface area (TPSA) is 78.8 Å². The molecule has 0 spiro atoms. The smallest absolute Gasteiger partial charge is 0.305 e. The second kappa shape index (κ2) is 14.8. The van der Waals surface area contributed by atoms with Gasteiger partial charge >= 0.3 is 5.97 Å². The molecule has 3 N–H and O–H groups in total. The summed E-state index contributed by atoms with van der Waals surface area (Å²) in [6, 6.07) is 0. The highest BCUT2D eigenvalue weighted by molar-refractivity contribution is 5.69. The van der Waals surface area contributed by atoms with Gasteiger partial charge in [0.1, 0.15) is 6.23 Å². The van der Waals surface area contributed by atoms with Gasteiger partial charge in [0.25, 0.3) is 0 Å². The lowest BCUT2D eigenvalue weighted by atomic mass is 10.1. The van der Waals surface area contributed by atoms with Crippen molar-refractivity contribution in [2.24, 2.45) is 0 Å². The first-order valence-electron chi connectivity index (χ1n) is 7.81. The molecule has 1 aliphatic heterocycles. The van der Waals surface area contributed by atoms with E-state index in [-0.39, 0.29) is 5.97 Å². The molecular formula is C15H31NO4. The van der Waals surface area contributed by atoms with Gasteiger partial charge in [0.05, 0.1) is 6.61 Å². The van der Waals surface area contributed by atoms with Gasteiger partial charge in [-0.3, -0.25) is 10.1 Å². The number of nitrogens with one attached hydrogen (secondary N) is 1. The van der Waals surface area contributed by atoms with Crippen LogP contribution >= 0.6 is 0 Å². The van der Waals surface area contributed by atoms with E-state index in [0.29, 0.717) is 19.6 Å². The molecule has 0 aliphatic carbocycles. The molecule has 0 bridgehead atoms. The average molecular weight is 289 g/mol. The Bertz CT molecular complexity index is 224. The molecule has 5 nitrogen and oxygen atoms in total. The van der Waals surface area contributed by atoms with Gasteiger partial charge < -0.3 is 14.9 Å². The summed E-state index contributed by atoms with van der Waals surface area (Å²) in [6.07, 6.45) is 9.76. The molecule has 1 fully saturated rings. The minimum atomic E-state index is -0.409. The predicted octanol–water partition coefficient (Wildman–Crippen LogP) is 1.96. The van der Waals surface area contributed by atoms with E-state index in [4.69, 9.17) is 9.84 Å². The quantitative estimate of drug-likeness (QED) is 0.594. The van der Waals surface area contributed by atoms with Crippen molar-refractivity contribution in [2.45, 2.75) is 70.4 Å². The summed E-state index contributed by atoms with van der Waals surface area (Å²) in [5.41, 5.74) is 0. The number of esters is 1. The third-order valence-electron chi connectivity index (χ3n) is 3.32. The summed E-state index contributed by atoms with van der Waals surface area (Å²) < 4.78 is 5.12. The number of hydrogen-bond donors (Lipinski definition) is 3. The third-order valence-corrected chi connectivity index (χ3v) is 3.32. The van der Waals surface area contributed by atoms with Crippen LogP contribution in [0.25, 0.3) is 0 Å². The molecule has 1 aliphatic rings. The van der Waals surface area contributed by atoms with Crippen molar-refractivity contribution in [1.29, 1.82) is 0 Å². The summed E-state index contributed by atoms with van der Waals surface area (Å²) in [5, 5.41) is 19.7. The van der Waals surface area contributed by atoms with E-state index in [2.05, 4.69) is 5.32 Å². The molecule has 1 saturated heterocycles. The number of carbonyl (C=O) groups excluding carboxylic acids is 1. The first-order chi connectivity index (χ1) is 9.79. The van der Waals surface area contributed by atoms with Crippen LogP contribution < -0.4 is 5.32 Å². The highest BCUT2D eigenvalue weighted by atomic mass is 16.5. The molecule has 0 amide bonds. The second-order valence-corrected chi connectivity index (χ2v) is 5.06. The lowest BCUT2D eigenvalue weighted by molar-refractivity contribution is -0.143. The van der Waals surface area contributed by atoms with E-state index in [1.54, 1.807) is 0 Å². The fourth-order valence-corrected chi connectivity index (χ4v) is 2.19. The number of cyclic esters (lactones) is 1. The minimum absolute atomic E-state index is 0.0809. The molecule has 0 saturated carbocycles. The summed E-state index contributed by atoms with van der Waals surface area (Å²) in [4.78, 5) is 11.3. The number of aliphatic hydroxyl groups excluding tert-OH is 2. The van der Waals surface area contributed by atoms with Crippen molar-refractivity contribution in [2.75, 3.05) is 20.3 Å². The molecule has 1 rings (SSSR count). The highest BCUT2D eigenvalue weighted by Gasteiger charge is 2.05. The van der Waals surface area contributed by atoms with Crippen LogP contribution in [0.3, 0.4) is 0 Å². The van der Waals surface area contributed by atoms with Crippen LogP contribution in [0.1, 0.15) is 64.2 Å². The van der Waals surface area contributed by atoms with Gasteiger partial charge in [-0.1, -0.05) is 32.1 Å². The number of hydrogen-bond acceptors (Lipinski definition) is 5. The van der Waals surface area contributed by atoms with Crippen LogP contribution in [-0.2, 0) is 9.53 Å². The second-order valence-electron chi connectivity index (χ2n) is 5.06. The van der Waals surface area contributed by atoms with E-state index in [1.165, 1.54) is 25.7 Å². The molecule has 1 heterocycles. The number of rotatable bonds is 0. The molecule has 0 unspecified atom stereocenters. The van der Waals surface area contributed by atoms with Gasteiger partial charge in [0, 0.05) is 20.1 Å². The SMILES string of the molecule is CO.O=C1CCCCCCCCC[C@@H](O)NCCCO1. The standard InChI is InChI=1S/C14H27NO3.CH4O/c16-13-9-6-4-2-1-3-5-7-10-14(17)18-12-8-11-15-13;1-2/h13,15-16H,1-12H2;2H,1H3/t13-;/m1./s1. The number of aliphatic hydroxyl groups is 2. The van der Waals surface area contributed by atoms with Crippen LogP contribution in [0.5, 0.6) is 0 Å². The number of ether oxygens (including phenoxy) is 1. The van der Waals surface area contributed by atoms with E-state index < -0.39 is 6.23 Å². The first kappa shape index (κ1) is 19.4. The van der Waals surface area contributed by atoms with Crippen molar-refractivity contribution in [3.63, 3.8) is 0 Å². The molecular weight excluding hydrogens is 258 g/mol. The van der Waals surface area contributed by atoms with Gasteiger partial charge in [-0.05, 0) is 25.7 Å².